The molecule has 0 bridgehead atoms. The molecule has 1 atom stereocenters. The summed E-state index contributed by atoms with van der Waals surface area (Å²) >= 11 is 6.24. The lowest BCUT2D eigenvalue weighted by atomic mass is 10.1. The molecule has 0 aliphatic heterocycles. The summed E-state index contributed by atoms with van der Waals surface area (Å²) in [4.78, 5) is 27.8. The SMILES string of the molecule is COc1cccc(CN(C(=O)COc2cc(C)c(Cl)c(C)c2)[C@H](C)C(=O)NC2CCCC2)c1. The van der Waals surface area contributed by atoms with Crippen molar-refractivity contribution in [2.24, 2.45) is 0 Å². The molecule has 0 radical (unpaired) electrons. The fraction of sp³-hybridized carbons (Fsp3) is 0.462. The molecule has 0 heterocycles. The molecular formula is C26H33ClN2O4. The van der Waals surface area contributed by atoms with Crippen molar-refractivity contribution in [3.05, 3.63) is 58.1 Å². The zero-order valence-electron chi connectivity index (χ0n) is 19.8. The van der Waals surface area contributed by atoms with Crippen LogP contribution in [0.15, 0.2) is 36.4 Å². The molecule has 1 aliphatic rings. The Hall–Kier alpha value is -2.73. The second-order valence-electron chi connectivity index (χ2n) is 8.70. The van der Waals surface area contributed by atoms with Gasteiger partial charge in [-0.2, -0.15) is 0 Å². The van der Waals surface area contributed by atoms with Crippen LogP contribution in [0.4, 0.5) is 0 Å². The number of ether oxygens (including phenoxy) is 2. The number of halogens is 1. The molecule has 2 amide bonds. The van der Waals surface area contributed by atoms with Crippen molar-refractivity contribution in [2.45, 2.75) is 65.1 Å². The number of amides is 2. The second-order valence-corrected chi connectivity index (χ2v) is 9.08. The maximum Gasteiger partial charge on any atom is 0.261 e. The first kappa shape index (κ1) is 24.9. The topological polar surface area (TPSA) is 67.9 Å². The van der Waals surface area contributed by atoms with Crippen molar-refractivity contribution in [2.75, 3.05) is 13.7 Å². The number of hydrogen-bond acceptors (Lipinski definition) is 4. The van der Waals surface area contributed by atoms with Crippen LogP contribution in [0.25, 0.3) is 0 Å². The first-order chi connectivity index (χ1) is 15.8. The van der Waals surface area contributed by atoms with E-state index in [1.807, 2.05) is 50.2 Å². The lowest BCUT2D eigenvalue weighted by molar-refractivity contribution is -0.142. The molecule has 7 heteroatoms. The summed E-state index contributed by atoms with van der Waals surface area (Å²) in [7, 11) is 1.60. The first-order valence-electron chi connectivity index (χ1n) is 11.4. The summed E-state index contributed by atoms with van der Waals surface area (Å²) in [6.07, 6.45) is 4.22. The number of hydrogen-bond donors (Lipinski definition) is 1. The van der Waals surface area contributed by atoms with Crippen molar-refractivity contribution >= 4 is 23.4 Å². The molecule has 2 aromatic rings. The van der Waals surface area contributed by atoms with Crippen LogP contribution in [0.2, 0.25) is 5.02 Å². The number of methoxy groups -OCH3 is 1. The van der Waals surface area contributed by atoms with E-state index >= 15 is 0 Å². The Labute approximate surface area is 201 Å². The zero-order chi connectivity index (χ0) is 24.0. The first-order valence-corrected chi connectivity index (χ1v) is 11.8. The van der Waals surface area contributed by atoms with Crippen molar-refractivity contribution in [1.82, 2.24) is 10.2 Å². The minimum Gasteiger partial charge on any atom is -0.497 e. The van der Waals surface area contributed by atoms with Crippen LogP contribution >= 0.6 is 11.6 Å². The number of nitrogens with zero attached hydrogens (tertiary/aromatic N) is 1. The molecule has 3 rings (SSSR count). The number of aryl methyl sites for hydroxylation is 2. The molecule has 0 spiro atoms. The van der Waals surface area contributed by atoms with Gasteiger partial charge in [-0.05, 0) is 74.6 Å². The molecular weight excluding hydrogens is 440 g/mol. The summed E-state index contributed by atoms with van der Waals surface area (Å²) in [6.45, 7) is 5.66. The average molecular weight is 473 g/mol. The van der Waals surface area contributed by atoms with Crippen LogP contribution in [0.3, 0.4) is 0 Å². The Kier molecular flexibility index (Phi) is 8.61. The average Bonchev–Trinajstić information content (AvgIpc) is 3.32. The van der Waals surface area contributed by atoms with E-state index in [1.54, 1.807) is 18.9 Å². The van der Waals surface area contributed by atoms with Gasteiger partial charge in [0.05, 0.1) is 7.11 Å². The summed E-state index contributed by atoms with van der Waals surface area (Å²) in [5.74, 6) is 0.868. The Bertz CT molecular complexity index is 965. The number of rotatable bonds is 9. The maximum absolute atomic E-state index is 13.3. The van der Waals surface area contributed by atoms with Gasteiger partial charge in [0.2, 0.25) is 5.91 Å². The fourth-order valence-corrected chi connectivity index (χ4v) is 4.27. The summed E-state index contributed by atoms with van der Waals surface area (Å²) in [6, 6.07) is 10.7. The molecule has 0 aromatic heterocycles. The standard InChI is InChI=1S/C26H33ClN2O4/c1-17-12-23(13-18(2)25(17)27)33-16-24(30)29(15-20-8-7-11-22(14-20)32-4)19(3)26(31)28-21-9-5-6-10-21/h7-8,11-14,19,21H,5-6,9-10,15-16H2,1-4H3,(H,28,31)/t19-/m1/s1. The molecule has 178 valence electrons. The third-order valence-electron chi connectivity index (χ3n) is 6.13. The van der Waals surface area contributed by atoms with Gasteiger partial charge >= 0.3 is 0 Å². The third-order valence-corrected chi connectivity index (χ3v) is 6.72. The molecule has 0 unspecified atom stereocenters. The van der Waals surface area contributed by atoms with E-state index in [9.17, 15) is 9.59 Å². The number of carbonyl (C=O) groups is 2. The Balaban J connectivity index is 1.75. The number of nitrogens with one attached hydrogen (secondary N) is 1. The highest BCUT2D eigenvalue weighted by molar-refractivity contribution is 6.32. The molecule has 1 aliphatic carbocycles. The Morgan fingerprint density at radius 2 is 1.79 bits per heavy atom. The lowest BCUT2D eigenvalue weighted by Gasteiger charge is -2.29. The third kappa shape index (κ3) is 6.64. The van der Waals surface area contributed by atoms with Gasteiger partial charge in [0, 0.05) is 17.6 Å². The normalized spacial score (nSPS) is 14.6. The van der Waals surface area contributed by atoms with Gasteiger partial charge in [0.15, 0.2) is 6.61 Å². The summed E-state index contributed by atoms with van der Waals surface area (Å²) < 4.78 is 11.1. The highest BCUT2D eigenvalue weighted by Crippen LogP contribution is 2.26. The van der Waals surface area contributed by atoms with Gasteiger partial charge in [0.1, 0.15) is 17.5 Å². The van der Waals surface area contributed by atoms with Crippen LogP contribution in [-0.2, 0) is 16.1 Å². The zero-order valence-corrected chi connectivity index (χ0v) is 20.6. The monoisotopic (exact) mass is 472 g/mol. The number of carbonyl (C=O) groups excluding carboxylic acids is 2. The van der Waals surface area contributed by atoms with E-state index in [-0.39, 0.29) is 31.0 Å². The predicted octanol–water partition coefficient (Wildman–Crippen LogP) is 4.82. The van der Waals surface area contributed by atoms with E-state index in [1.165, 1.54) is 0 Å². The van der Waals surface area contributed by atoms with E-state index in [2.05, 4.69) is 5.32 Å². The molecule has 1 fully saturated rings. The van der Waals surface area contributed by atoms with Gasteiger partial charge in [-0.15, -0.1) is 0 Å². The molecule has 33 heavy (non-hydrogen) atoms. The van der Waals surface area contributed by atoms with Crippen molar-refractivity contribution < 1.29 is 19.1 Å². The minimum atomic E-state index is -0.637. The quantitative estimate of drug-likeness (QED) is 0.568. The van der Waals surface area contributed by atoms with Crippen LogP contribution in [0.5, 0.6) is 11.5 Å². The van der Waals surface area contributed by atoms with Gasteiger partial charge in [-0.1, -0.05) is 36.6 Å². The second kappa shape index (κ2) is 11.4. The van der Waals surface area contributed by atoms with Gasteiger partial charge in [-0.3, -0.25) is 9.59 Å². The van der Waals surface area contributed by atoms with Crippen molar-refractivity contribution in [3.63, 3.8) is 0 Å². The Morgan fingerprint density at radius 1 is 1.12 bits per heavy atom. The smallest absolute Gasteiger partial charge is 0.261 e. The highest BCUT2D eigenvalue weighted by atomic mass is 35.5. The molecule has 1 N–H and O–H groups in total. The maximum atomic E-state index is 13.3. The van der Waals surface area contributed by atoms with E-state index in [4.69, 9.17) is 21.1 Å². The minimum absolute atomic E-state index is 0.142. The molecule has 0 saturated heterocycles. The van der Waals surface area contributed by atoms with Crippen LogP contribution in [-0.4, -0.2) is 42.5 Å². The fourth-order valence-electron chi connectivity index (χ4n) is 4.16. The van der Waals surface area contributed by atoms with Crippen molar-refractivity contribution in [3.8, 4) is 11.5 Å². The molecule has 2 aromatic carbocycles. The van der Waals surface area contributed by atoms with E-state index in [0.717, 1.165) is 42.4 Å². The summed E-state index contributed by atoms with van der Waals surface area (Å²) in [5, 5.41) is 3.79. The highest BCUT2D eigenvalue weighted by Gasteiger charge is 2.29. The van der Waals surface area contributed by atoms with Gasteiger partial charge in [0.25, 0.3) is 5.91 Å². The largest absolute Gasteiger partial charge is 0.497 e. The van der Waals surface area contributed by atoms with E-state index in [0.29, 0.717) is 16.5 Å². The van der Waals surface area contributed by atoms with Crippen molar-refractivity contribution in [1.29, 1.82) is 0 Å². The predicted molar refractivity (Wildman–Crippen MR) is 130 cm³/mol. The molecule has 6 nitrogen and oxygen atoms in total. The Morgan fingerprint density at radius 3 is 2.42 bits per heavy atom. The van der Waals surface area contributed by atoms with Crippen LogP contribution in [0, 0.1) is 13.8 Å². The summed E-state index contributed by atoms with van der Waals surface area (Å²) in [5.41, 5.74) is 2.65. The van der Waals surface area contributed by atoms with Crippen LogP contribution < -0.4 is 14.8 Å². The molecule has 1 saturated carbocycles. The van der Waals surface area contributed by atoms with Crippen LogP contribution in [0.1, 0.15) is 49.3 Å². The van der Waals surface area contributed by atoms with E-state index < -0.39 is 6.04 Å². The lowest BCUT2D eigenvalue weighted by Crippen LogP contribution is -2.50. The number of benzene rings is 2. The van der Waals surface area contributed by atoms with Gasteiger partial charge < -0.3 is 19.7 Å². The van der Waals surface area contributed by atoms with Gasteiger partial charge in [-0.25, -0.2) is 0 Å².